The minimum Gasteiger partial charge on any atom is -0.325 e. The molecule has 0 fully saturated rings. The number of rotatable bonds is 0. The molecule has 1 aromatic rings. The van der Waals surface area contributed by atoms with E-state index in [1.807, 2.05) is 0 Å². The molecule has 10 heavy (non-hydrogen) atoms. The first-order chi connectivity index (χ1) is 4.61. The number of halogens is 1. The first-order valence-electron chi connectivity index (χ1n) is 2.56. The fourth-order valence-corrected chi connectivity index (χ4v) is 0.901. The number of aromatic nitrogens is 2. The van der Waals surface area contributed by atoms with E-state index in [0.717, 1.165) is 0 Å². The molecule has 54 valence electrons. The van der Waals surface area contributed by atoms with Gasteiger partial charge in [-0.2, -0.15) is 0 Å². The third-order valence-corrected chi connectivity index (χ3v) is 1.75. The van der Waals surface area contributed by atoms with Gasteiger partial charge < -0.3 is 9.55 Å². The van der Waals surface area contributed by atoms with E-state index in [4.69, 9.17) is 12.2 Å². The molecular weight excluding hydrogens is 171 g/mol. The highest BCUT2D eigenvalue weighted by molar-refractivity contribution is 7.72. The standard InChI is InChI=1S/C5H5FN2S2/c1-8-2-3(6)4(9)7-5(8)10/h2H,1H3,(H,7,9,10). The van der Waals surface area contributed by atoms with Gasteiger partial charge in [0.25, 0.3) is 0 Å². The second kappa shape index (κ2) is 2.59. The highest BCUT2D eigenvalue weighted by Gasteiger charge is 1.92. The van der Waals surface area contributed by atoms with Crippen LogP contribution in [-0.2, 0) is 7.05 Å². The fourth-order valence-electron chi connectivity index (χ4n) is 0.532. The Morgan fingerprint density at radius 3 is 2.70 bits per heavy atom. The summed E-state index contributed by atoms with van der Waals surface area (Å²) in [4.78, 5) is 2.52. The molecule has 0 aliphatic carbocycles. The van der Waals surface area contributed by atoms with Crippen LogP contribution in [0.5, 0.6) is 0 Å². The zero-order valence-corrected chi connectivity index (χ0v) is 6.85. The van der Waals surface area contributed by atoms with E-state index in [2.05, 4.69) is 17.2 Å². The van der Waals surface area contributed by atoms with Crippen molar-refractivity contribution in [2.24, 2.45) is 7.05 Å². The normalized spacial score (nSPS) is 9.80. The largest absolute Gasteiger partial charge is 0.325 e. The van der Waals surface area contributed by atoms with Gasteiger partial charge in [-0.15, -0.1) is 0 Å². The van der Waals surface area contributed by atoms with Gasteiger partial charge in [-0.25, -0.2) is 4.39 Å². The second-order valence-electron chi connectivity index (χ2n) is 1.85. The Labute approximate surface area is 67.3 Å². The van der Waals surface area contributed by atoms with Crippen molar-refractivity contribution in [1.29, 1.82) is 0 Å². The summed E-state index contributed by atoms with van der Waals surface area (Å²) < 4.78 is 14.5. The molecule has 5 heteroatoms. The Kier molecular flexibility index (Phi) is 1.96. The molecule has 0 saturated carbocycles. The summed E-state index contributed by atoms with van der Waals surface area (Å²) in [5, 5.41) is 0. The van der Waals surface area contributed by atoms with E-state index in [1.54, 1.807) is 7.05 Å². The maximum atomic E-state index is 12.6. The number of H-pyrrole nitrogens is 1. The van der Waals surface area contributed by atoms with Crippen LogP contribution in [0.15, 0.2) is 6.20 Å². The summed E-state index contributed by atoms with van der Waals surface area (Å²) in [5.41, 5.74) is 0. The summed E-state index contributed by atoms with van der Waals surface area (Å²) in [7, 11) is 1.65. The van der Waals surface area contributed by atoms with Crippen molar-refractivity contribution in [3.8, 4) is 0 Å². The van der Waals surface area contributed by atoms with E-state index in [1.165, 1.54) is 10.8 Å². The van der Waals surface area contributed by atoms with E-state index in [9.17, 15) is 4.39 Å². The molecular formula is C5H5FN2S2. The van der Waals surface area contributed by atoms with Crippen LogP contribution < -0.4 is 0 Å². The van der Waals surface area contributed by atoms with Gasteiger partial charge >= 0.3 is 0 Å². The van der Waals surface area contributed by atoms with E-state index < -0.39 is 5.82 Å². The lowest BCUT2D eigenvalue weighted by Gasteiger charge is -1.96. The van der Waals surface area contributed by atoms with Crippen molar-refractivity contribution < 1.29 is 4.39 Å². The molecule has 0 atom stereocenters. The molecule has 0 amide bonds. The predicted molar refractivity (Wildman–Crippen MR) is 41.4 cm³/mol. The van der Waals surface area contributed by atoms with Gasteiger partial charge in [0.2, 0.25) is 0 Å². The van der Waals surface area contributed by atoms with E-state index in [-0.39, 0.29) is 4.64 Å². The lowest BCUT2D eigenvalue weighted by molar-refractivity contribution is 0.590. The average Bonchev–Trinajstić information content (AvgIpc) is 1.84. The summed E-state index contributed by atoms with van der Waals surface area (Å²) in [6.07, 6.45) is 1.25. The van der Waals surface area contributed by atoms with Gasteiger partial charge in [0.15, 0.2) is 10.6 Å². The maximum Gasteiger partial charge on any atom is 0.178 e. The molecule has 2 nitrogen and oxygen atoms in total. The maximum absolute atomic E-state index is 12.6. The van der Waals surface area contributed by atoms with Crippen molar-refractivity contribution in [2.75, 3.05) is 0 Å². The Morgan fingerprint density at radius 1 is 1.60 bits per heavy atom. The van der Waals surface area contributed by atoms with Crippen molar-refractivity contribution in [3.63, 3.8) is 0 Å². The van der Waals surface area contributed by atoms with Gasteiger partial charge in [-0.05, 0) is 12.2 Å². The Balaban J connectivity index is 3.59. The fraction of sp³-hybridized carbons (Fsp3) is 0.200. The number of nitrogens with one attached hydrogen (secondary N) is 1. The number of hydrogen-bond acceptors (Lipinski definition) is 2. The highest BCUT2D eigenvalue weighted by Crippen LogP contribution is 1.95. The van der Waals surface area contributed by atoms with Crippen LogP contribution >= 0.6 is 24.4 Å². The number of hydrogen-bond donors (Lipinski definition) is 1. The molecule has 0 saturated heterocycles. The molecule has 1 heterocycles. The van der Waals surface area contributed by atoms with Gasteiger partial charge in [-0.1, -0.05) is 12.2 Å². The second-order valence-corrected chi connectivity index (χ2v) is 2.64. The molecule has 1 rings (SSSR count). The average molecular weight is 176 g/mol. The summed E-state index contributed by atoms with van der Waals surface area (Å²) in [6.45, 7) is 0. The zero-order valence-electron chi connectivity index (χ0n) is 5.22. The smallest absolute Gasteiger partial charge is 0.178 e. The van der Waals surface area contributed by atoms with E-state index in [0.29, 0.717) is 4.77 Å². The Morgan fingerprint density at radius 2 is 2.20 bits per heavy atom. The van der Waals surface area contributed by atoms with E-state index >= 15 is 0 Å². The first kappa shape index (κ1) is 7.56. The molecule has 0 aliphatic heterocycles. The molecule has 1 N–H and O–H groups in total. The SMILES string of the molecule is Cn1cc(F)c(=S)[nH]c1=S. The number of aryl methyl sites for hydroxylation is 1. The Hall–Kier alpha value is -0.550. The van der Waals surface area contributed by atoms with Gasteiger partial charge in [0, 0.05) is 13.2 Å². The van der Waals surface area contributed by atoms with Crippen LogP contribution in [0.25, 0.3) is 0 Å². The topological polar surface area (TPSA) is 20.7 Å². The van der Waals surface area contributed by atoms with Crippen molar-refractivity contribution in [3.05, 3.63) is 21.4 Å². The van der Waals surface area contributed by atoms with Gasteiger partial charge in [0.05, 0.1) is 0 Å². The lowest BCUT2D eigenvalue weighted by atomic mass is 10.6. The first-order valence-corrected chi connectivity index (χ1v) is 3.38. The van der Waals surface area contributed by atoms with Crippen molar-refractivity contribution in [1.82, 2.24) is 9.55 Å². The number of aromatic amines is 1. The molecule has 0 spiro atoms. The zero-order chi connectivity index (χ0) is 7.72. The predicted octanol–water partition coefficient (Wildman–Crippen LogP) is 1.95. The third kappa shape index (κ3) is 1.30. The molecule has 1 aromatic heterocycles. The minimum absolute atomic E-state index is 0.0584. The quantitative estimate of drug-likeness (QED) is 0.610. The van der Waals surface area contributed by atoms with Crippen LogP contribution in [0.3, 0.4) is 0 Å². The summed E-state index contributed by atoms with van der Waals surface area (Å²) >= 11 is 9.36. The summed E-state index contributed by atoms with van der Waals surface area (Å²) in [6, 6.07) is 0. The monoisotopic (exact) mass is 176 g/mol. The van der Waals surface area contributed by atoms with Crippen LogP contribution in [0.4, 0.5) is 4.39 Å². The lowest BCUT2D eigenvalue weighted by Crippen LogP contribution is -1.96. The van der Waals surface area contributed by atoms with Crippen molar-refractivity contribution in [2.45, 2.75) is 0 Å². The van der Waals surface area contributed by atoms with Gasteiger partial charge in [-0.3, -0.25) is 0 Å². The minimum atomic E-state index is -0.453. The van der Waals surface area contributed by atoms with Crippen LogP contribution in [-0.4, -0.2) is 9.55 Å². The molecule has 0 bridgehead atoms. The van der Waals surface area contributed by atoms with Crippen molar-refractivity contribution >= 4 is 24.4 Å². The molecule has 0 aliphatic rings. The number of nitrogens with zero attached hydrogens (tertiary/aromatic N) is 1. The highest BCUT2D eigenvalue weighted by atomic mass is 32.1. The van der Waals surface area contributed by atoms with Crippen LogP contribution in [0.2, 0.25) is 0 Å². The Bertz CT molecular complexity index is 320. The van der Waals surface area contributed by atoms with Crippen LogP contribution in [0, 0.1) is 15.2 Å². The summed E-state index contributed by atoms with van der Waals surface area (Å²) in [5.74, 6) is -0.453. The third-order valence-electron chi connectivity index (χ3n) is 1.06. The van der Waals surface area contributed by atoms with Crippen LogP contribution in [0.1, 0.15) is 0 Å². The molecule has 0 aromatic carbocycles. The molecule has 0 unspecified atom stereocenters. The van der Waals surface area contributed by atoms with Gasteiger partial charge in [0.1, 0.15) is 4.64 Å². The molecule has 0 radical (unpaired) electrons.